The largest absolute Gasteiger partial charge is 0.480 e. The lowest BCUT2D eigenvalue weighted by Gasteiger charge is -2.15. The van der Waals surface area contributed by atoms with Gasteiger partial charge in [-0.15, -0.1) is 0 Å². The fourth-order valence-corrected chi connectivity index (χ4v) is 3.34. The molecule has 7 nitrogen and oxygen atoms in total. The van der Waals surface area contributed by atoms with E-state index < -0.39 is 12.0 Å². The minimum atomic E-state index is -0.961. The summed E-state index contributed by atoms with van der Waals surface area (Å²) in [5, 5.41) is 15.5. The lowest BCUT2D eigenvalue weighted by atomic mass is 10.1. The van der Waals surface area contributed by atoms with E-state index in [0.717, 1.165) is 11.1 Å². The third-order valence-electron chi connectivity index (χ3n) is 5.04. The number of aromatic nitrogens is 2. The van der Waals surface area contributed by atoms with Crippen LogP contribution in [0.1, 0.15) is 15.9 Å². The maximum atomic E-state index is 12.3. The van der Waals surface area contributed by atoms with Crippen LogP contribution >= 0.6 is 0 Å². The van der Waals surface area contributed by atoms with E-state index in [1.54, 1.807) is 30.3 Å². The molecule has 33 heavy (non-hydrogen) atoms. The van der Waals surface area contributed by atoms with Gasteiger partial charge in [0.15, 0.2) is 0 Å². The Bertz CT molecular complexity index is 1230. The maximum absolute atomic E-state index is 12.3. The lowest BCUT2D eigenvalue weighted by Crippen LogP contribution is -2.31. The van der Waals surface area contributed by atoms with Gasteiger partial charge >= 0.3 is 5.97 Å². The van der Waals surface area contributed by atoms with Gasteiger partial charge in [-0.05, 0) is 29.8 Å². The predicted molar refractivity (Wildman–Crippen MR) is 127 cm³/mol. The first kappa shape index (κ1) is 21.7. The van der Waals surface area contributed by atoms with Crippen LogP contribution in [-0.4, -0.2) is 33.0 Å². The number of carboxylic acid groups (broad SMARTS) is 1. The molecule has 0 bridgehead atoms. The quantitative estimate of drug-likeness (QED) is 0.374. The zero-order valence-electron chi connectivity index (χ0n) is 17.7. The number of benzene rings is 3. The topological polar surface area (TPSA) is 104 Å². The Morgan fingerprint density at radius 1 is 0.848 bits per heavy atom. The molecule has 1 heterocycles. The molecule has 0 saturated carbocycles. The van der Waals surface area contributed by atoms with E-state index in [1.807, 2.05) is 60.7 Å². The van der Waals surface area contributed by atoms with Crippen molar-refractivity contribution in [2.45, 2.75) is 12.5 Å². The Morgan fingerprint density at radius 2 is 1.52 bits per heavy atom. The Balaban J connectivity index is 1.45. The zero-order valence-corrected chi connectivity index (χ0v) is 17.7. The minimum absolute atomic E-state index is 0.185. The van der Waals surface area contributed by atoms with Crippen LogP contribution in [0.3, 0.4) is 0 Å². The highest BCUT2D eigenvalue weighted by Gasteiger charge is 2.18. The number of carbonyl (C=O) groups excluding carboxylic acids is 1. The Hall–Kier alpha value is -4.52. The second-order valence-corrected chi connectivity index (χ2v) is 7.41. The Labute approximate surface area is 191 Å². The summed E-state index contributed by atoms with van der Waals surface area (Å²) in [6, 6.07) is 26.6. The molecule has 3 N–H and O–H groups in total. The fraction of sp³-hybridized carbons (Fsp3) is 0.0769. The molecule has 3 aromatic carbocycles. The first-order valence-corrected chi connectivity index (χ1v) is 10.4. The molecule has 1 atom stereocenters. The molecule has 0 fully saturated rings. The summed E-state index contributed by atoms with van der Waals surface area (Å²) >= 11 is 0. The van der Waals surface area contributed by atoms with Gasteiger partial charge in [0.1, 0.15) is 18.2 Å². The number of carboxylic acids is 1. The standard InChI is InChI=1S/C26H22N4O3/c31-25(20-9-5-2-6-10-20)29-21-13-11-19(12-14-21)22-16-24(28-17-27-22)30-23(26(32)33)15-18-7-3-1-4-8-18/h1-14,16-17,23H,15H2,(H,29,31)(H,32,33)(H,27,28,30). The average Bonchev–Trinajstić information content (AvgIpc) is 2.85. The first-order chi connectivity index (χ1) is 16.1. The van der Waals surface area contributed by atoms with Gasteiger partial charge in [-0.3, -0.25) is 4.79 Å². The number of amides is 1. The van der Waals surface area contributed by atoms with E-state index >= 15 is 0 Å². The van der Waals surface area contributed by atoms with Crippen LogP contribution in [0.15, 0.2) is 97.3 Å². The van der Waals surface area contributed by atoms with Crippen LogP contribution in [0.2, 0.25) is 0 Å². The number of anilines is 2. The van der Waals surface area contributed by atoms with Crippen LogP contribution < -0.4 is 10.6 Å². The Kier molecular flexibility index (Phi) is 6.70. The molecule has 1 unspecified atom stereocenters. The molecule has 1 aromatic heterocycles. The van der Waals surface area contributed by atoms with Crippen molar-refractivity contribution in [2.75, 3.05) is 10.6 Å². The van der Waals surface area contributed by atoms with Crippen LogP contribution in [0, 0.1) is 0 Å². The Morgan fingerprint density at radius 3 is 2.18 bits per heavy atom. The molecule has 1 amide bonds. The van der Waals surface area contributed by atoms with Gasteiger partial charge in [0, 0.05) is 29.3 Å². The highest BCUT2D eigenvalue weighted by atomic mass is 16.4. The van der Waals surface area contributed by atoms with Gasteiger partial charge < -0.3 is 15.7 Å². The number of rotatable bonds is 8. The third kappa shape index (κ3) is 5.80. The van der Waals surface area contributed by atoms with Crippen molar-refractivity contribution in [3.63, 3.8) is 0 Å². The molecular weight excluding hydrogens is 416 g/mol. The number of nitrogens with zero attached hydrogens (tertiary/aromatic N) is 2. The molecule has 0 spiro atoms. The summed E-state index contributed by atoms with van der Waals surface area (Å²) in [6.45, 7) is 0. The van der Waals surface area contributed by atoms with Crippen molar-refractivity contribution in [1.29, 1.82) is 0 Å². The van der Waals surface area contributed by atoms with Crippen molar-refractivity contribution in [2.24, 2.45) is 0 Å². The molecule has 0 aliphatic carbocycles. The molecule has 4 aromatic rings. The molecule has 0 aliphatic heterocycles. The van der Waals surface area contributed by atoms with E-state index in [-0.39, 0.29) is 5.91 Å². The van der Waals surface area contributed by atoms with Crippen LogP contribution in [-0.2, 0) is 11.2 Å². The van der Waals surface area contributed by atoms with E-state index in [1.165, 1.54) is 6.33 Å². The molecular formula is C26H22N4O3. The zero-order chi connectivity index (χ0) is 23.0. The van der Waals surface area contributed by atoms with E-state index in [4.69, 9.17) is 0 Å². The van der Waals surface area contributed by atoms with Gasteiger partial charge in [-0.1, -0.05) is 60.7 Å². The lowest BCUT2D eigenvalue weighted by molar-refractivity contribution is -0.137. The van der Waals surface area contributed by atoms with Crippen molar-refractivity contribution in [1.82, 2.24) is 9.97 Å². The second kappa shape index (κ2) is 10.2. The third-order valence-corrected chi connectivity index (χ3v) is 5.04. The molecule has 7 heteroatoms. The van der Waals surface area contributed by atoms with Crippen LogP contribution in [0.5, 0.6) is 0 Å². The van der Waals surface area contributed by atoms with Gasteiger partial charge in [-0.25, -0.2) is 14.8 Å². The van der Waals surface area contributed by atoms with E-state index in [2.05, 4.69) is 20.6 Å². The summed E-state index contributed by atoms with van der Waals surface area (Å²) in [5.74, 6) is -0.725. The second-order valence-electron chi connectivity index (χ2n) is 7.41. The summed E-state index contributed by atoms with van der Waals surface area (Å²) in [4.78, 5) is 32.5. The smallest absolute Gasteiger partial charge is 0.326 e. The van der Waals surface area contributed by atoms with Gasteiger partial charge in [0.05, 0.1) is 5.69 Å². The number of aliphatic carboxylic acids is 1. The summed E-state index contributed by atoms with van der Waals surface area (Å²) < 4.78 is 0. The molecule has 0 radical (unpaired) electrons. The summed E-state index contributed by atoms with van der Waals surface area (Å²) in [6.07, 6.45) is 1.72. The van der Waals surface area contributed by atoms with E-state index in [0.29, 0.717) is 29.2 Å². The number of hydrogen-bond acceptors (Lipinski definition) is 5. The van der Waals surface area contributed by atoms with Crippen LogP contribution in [0.25, 0.3) is 11.3 Å². The van der Waals surface area contributed by atoms with Gasteiger partial charge in [0.2, 0.25) is 0 Å². The summed E-state index contributed by atoms with van der Waals surface area (Å²) in [5.41, 5.74) is 3.61. The summed E-state index contributed by atoms with van der Waals surface area (Å²) in [7, 11) is 0. The van der Waals surface area contributed by atoms with Gasteiger partial charge in [-0.2, -0.15) is 0 Å². The first-order valence-electron chi connectivity index (χ1n) is 10.4. The fourth-order valence-electron chi connectivity index (χ4n) is 3.34. The monoisotopic (exact) mass is 438 g/mol. The number of nitrogens with one attached hydrogen (secondary N) is 2. The van der Waals surface area contributed by atoms with Crippen molar-refractivity contribution in [3.05, 3.63) is 108 Å². The number of hydrogen-bond donors (Lipinski definition) is 3. The highest BCUT2D eigenvalue weighted by Crippen LogP contribution is 2.22. The molecule has 164 valence electrons. The van der Waals surface area contributed by atoms with Crippen LogP contribution in [0.4, 0.5) is 11.5 Å². The molecule has 4 rings (SSSR count). The number of carbonyl (C=O) groups is 2. The SMILES string of the molecule is O=C(Nc1ccc(-c2cc(NC(Cc3ccccc3)C(=O)O)ncn2)cc1)c1ccccc1. The maximum Gasteiger partial charge on any atom is 0.326 e. The molecule has 0 aliphatic rings. The van der Waals surface area contributed by atoms with E-state index in [9.17, 15) is 14.7 Å². The average molecular weight is 438 g/mol. The highest BCUT2D eigenvalue weighted by molar-refractivity contribution is 6.04. The normalized spacial score (nSPS) is 11.4. The van der Waals surface area contributed by atoms with Crippen molar-refractivity contribution < 1.29 is 14.7 Å². The van der Waals surface area contributed by atoms with Gasteiger partial charge in [0.25, 0.3) is 5.91 Å². The van der Waals surface area contributed by atoms with Crippen molar-refractivity contribution in [3.8, 4) is 11.3 Å². The van der Waals surface area contributed by atoms with Crippen molar-refractivity contribution >= 4 is 23.4 Å². The predicted octanol–water partition coefficient (Wildman–Crippen LogP) is 4.50. The molecule has 0 saturated heterocycles. The minimum Gasteiger partial charge on any atom is -0.480 e.